The van der Waals surface area contributed by atoms with Crippen LogP contribution in [0.1, 0.15) is 11.0 Å². The first-order valence-electron chi connectivity index (χ1n) is 6.00. The smallest absolute Gasteiger partial charge is 0.113 e. The SMILES string of the molecule is O[C@H](Cn1cc(-c2ccccc2)nn1)c1cccs1. The van der Waals surface area contributed by atoms with Gasteiger partial charge in [-0.15, -0.1) is 16.4 Å². The Labute approximate surface area is 115 Å². The number of aliphatic hydroxyl groups is 1. The van der Waals surface area contributed by atoms with Crippen molar-refractivity contribution < 1.29 is 5.11 Å². The van der Waals surface area contributed by atoms with Gasteiger partial charge >= 0.3 is 0 Å². The highest BCUT2D eigenvalue weighted by atomic mass is 32.1. The van der Waals surface area contributed by atoms with E-state index in [-0.39, 0.29) is 0 Å². The Morgan fingerprint density at radius 3 is 2.74 bits per heavy atom. The number of aliphatic hydroxyl groups excluding tert-OH is 1. The second-order valence-corrected chi connectivity index (χ2v) is 5.20. The number of aromatic nitrogens is 3. The van der Waals surface area contributed by atoms with Crippen LogP contribution in [-0.2, 0) is 6.54 Å². The van der Waals surface area contributed by atoms with E-state index in [1.807, 2.05) is 54.0 Å². The summed E-state index contributed by atoms with van der Waals surface area (Å²) in [5, 5.41) is 20.2. The fraction of sp³-hybridized carbons (Fsp3) is 0.143. The molecule has 0 saturated carbocycles. The van der Waals surface area contributed by atoms with Gasteiger partial charge in [-0.05, 0) is 11.4 Å². The predicted molar refractivity (Wildman–Crippen MR) is 74.7 cm³/mol. The molecule has 96 valence electrons. The number of hydrogen-bond donors (Lipinski definition) is 1. The summed E-state index contributed by atoms with van der Waals surface area (Å²) in [5.41, 5.74) is 1.85. The Kier molecular flexibility index (Phi) is 3.39. The second kappa shape index (κ2) is 5.34. The molecule has 0 aliphatic heterocycles. The van der Waals surface area contributed by atoms with Crippen molar-refractivity contribution in [3.8, 4) is 11.3 Å². The van der Waals surface area contributed by atoms with Gasteiger partial charge in [0.1, 0.15) is 11.8 Å². The average molecular weight is 271 g/mol. The molecule has 0 aliphatic carbocycles. The number of nitrogens with zero attached hydrogens (tertiary/aromatic N) is 3. The third kappa shape index (κ3) is 2.72. The van der Waals surface area contributed by atoms with Gasteiger partial charge in [0.25, 0.3) is 0 Å². The van der Waals surface area contributed by atoms with Crippen LogP contribution in [0.4, 0.5) is 0 Å². The molecule has 3 aromatic rings. The molecular weight excluding hydrogens is 258 g/mol. The van der Waals surface area contributed by atoms with E-state index in [9.17, 15) is 5.11 Å². The summed E-state index contributed by atoms with van der Waals surface area (Å²) >= 11 is 1.54. The third-order valence-corrected chi connectivity index (χ3v) is 3.81. The summed E-state index contributed by atoms with van der Waals surface area (Å²) in [6.45, 7) is 0.417. The summed E-state index contributed by atoms with van der Waals surface area (Å²) < 4.78 is 1.67. The molecule has 3 rings (SSSR count). The second-order valence-electron chi connectivity index (χ2n) is 4.22. The minimum absolute atomic E-state index is 0.417. The van der Waals surface area contributed by atoms with E-state index in [0.717, 1.165) is 16.1 Å². The highest BCUT2D eigenvalue weighted by Crippen LogP contribution is 2.21. The quantitative estimate of drug-likeness (QED) is 0.793. The summed E-state index contributed by atoms with van der Waals surface area (Å²) in [6, 6.07) is 13.7. The lowest BCUT2D eigenvalue weighted by Crippen LogP contribution is -2.07. The zero-order valence-electron chi connectivity index (χ0n) is 10.2. The number of thiophene rings is 1. The van der Waals surface area contributed by atoms with Crippen molar-refractivity contribution in [1.82, 2.24) is 15.0 Å². The Balaban J connectivity index is 1.75. The first-order valence-corrected chi connectivity index (χ1v) is 6.88. The van der Waals surface area contributed by atoms with Crippen molar-refractivity contribution in [2.24, 2.45) is 0 Å². The van der Waals surface area contributed by atoms with E-state index >= 15 is 0 Å². The van der Waals surface area contributed by atoms with Crippen molar-refractivity contribution >= 4 is 11.3 Å². The minimum atomic E-state index is -0.537. The van der Waals surface area contributed by atoms with E-state index in [0.29, 0.717) is 6.54 Å². The summed E-state index contributed by atoms with van der Waals surface area (Å²) in [7, 11) is 0. The molecule has 1 atom stereocenters. The number of benzene rings is 1. The maximum atomic E-state index is 10.1. The van der Waals surface area contributed by atoms with Gasteiger partial charge in [0.05, 0.1) is 12.7 Å². The van der Waals surface area contributed by atoms with Gasteiger partial charge < -0.3 is 5.11 Å². The highest BCUT2D eigenvalue weighted by molar-refractivity contribution is 7.10. The minimum Gasteiger partial charge on any atom is -0.386 e. The highest BCUT2D eigenvalue weighted by Gasteiger charge is 2.11. The van der Waals surface area contributed by atoms with Crippen LogP contribution < -0.4 is 0 Å². The van der Waals surface area contributed by atoms with Crippen LogP contribution >= 0.6 is 11.3 Å². The zero-order valence-corrected chi connectivity index (χ0v) is 11.0. The molecule has 0 amide bonds. The van der Waals surface area contributed by atoms with Crippen molar-refractivity contribution in [3.63, 3.8) is 0 Å². The lowest BCUT2D eigenvalue weighted by molar-refractivity contribution is 0.154. The molecule has 19 heavy (non-hydrogen) atoms. The summed E-state index contributed by atoms with van der Waals surface area (Å²) in [4.78, 5) is 0.941. The molecule has 5 heteroatoms. The molecule has 0 spiro atoms. The van der Waals surface area contributed by atoms with Crippen molar-refractivity contribution in [2.45, 2.75) is 12.6 Å². The van der Waals surface area contributed by atoms with Crippen LogP contribution in [0.3, 0.4) is 0 Å². The van der Waals surface area contributed by atoms with Gasteiger partial charge in [-0.2, -0.15) is 0 Å². The fourth-order valence-electron chi connectivity index (χ4n) is 1.88. The Bertz CT molecular complexity index is 634. The number of hydrogen-bond acceptors (Lipinski definition) is 4. The molecule has 4 nitrogen and oxygen atoms in total. The van der Waals surface area contributed by atoms with Crippen LogP contribution in [-0.4, -0.2) is 20.1 Å². The monoisotopic (exact) mass is 271 g/mol. The molecule has 0 unspecified atom stereocenters. The molecule has 1 N–H and O–H groups in total. The first kappa shape index (κ1) is 12.1. The predicted octanol–water partition coefficient (Wildman–Crippen LogP) is 2.74. The lowest BCUT2D eigenvalue weighted by Gasteiger charge is -2.07. The van der Waals surface area contributed by atoms with E-state index in [2.05, 4.69) is 10.3 Å². The summed E-state index contributed by atoms with van der Waals surface area (Å²) in [6.07, 6.45) is 1.32. The molecule has 0 saturated heterocycles. The number of rotatable bonds is 4. The van der Waals surface area contributed by atoms with Crippen LogP contribution in [0.5, 0.6) is 0 Å². The normalized spacial score (nSPS) is 12.5. The maximum absolute atomic E-state index is 10.1. The summed E-state index contributed by atoms with van der Waals surface area (Å²) in [5.74, 6) is 0. The molecule has 0 fully saturated rings. The standard InChI is InChI=1S/C14H13N3OS/c18-13(14-7-4-8-19-14)10-17-9-12(15-16-17)11-5-2-1-3-6-11/h1-9,13,18H,10H2/t13-/m1/s1. The topological polar surface area (TPSA) is 50.9 Å². The van der Waals surface area contributed by atoms with Crippen LogP contribution in [0.2, 0.25) is 0 Å². The third-order valence-electron chi connectivity index (χ3n) is 2.84. The molecule has 2 heterocycles. The van der Waals surface area contributed by atoms with Gasteiger partial charge in [-0.3, -0.25) is 0 Å². The van der Waals surface area contributed by atoms with E-state index in [4.69, 9.17) is 0 Å². The van der Waals surface area contributed by atoms with Crippen molar-refractivity contribution in [2.75, 3.05) is 0 Å². The van der Waals surface area contributed by atoms with Gasteiger partial charge in [0.15, 0.2) is 0 Å². The van der Waals surface area contributed by atoms with Gasteiger partial charge in [-0.25, -0.2) is 4.68 Å². The van der Waals surface area contributed by atoms with Gasteiger partial charge in [0, 0.05) is 10.4 Å². The fourth-order valence-corrected chi connectivity index (χ4v) is 2.58. The Hall–Kier alpha value is -1.98. The molecule has 0 bridgehead atoms. The molecular formula is C14H13N3OS. The van der Waals surface area contributed by atoms with Crippen LogP contribution in [0.15, 0.2) is 54.0 Å². The average Bonchev–Trinajstić information content (AvgIpc) is 3.11. The van der Waals surface area contributed by atoms with E-state index in [1.165, 1.54) is 0 Å². The Morgan fingerprint density at radius 1 is 1.16 bits per heavy atom. The lowest BCUT2D eigenvalue weighted by atomic mass is 10.2. The maximum Gasteiger partial charge on any atom is 0.113 e. The molecule has 0 radical (unpaired) electrons. The van der Waals surface area contributed by atoms with Gasteiger partial charge in [-0.1, -0.05) is 41.6 Å². The van der Waals surface area contributed by atoms with E-state index < -0.39 is 6.10 Å². The zero-order chi connectivity index (χ0) is 13.1. The van der Waals surface area contributed by atoms with Crippen molar-refractivity contribution in [3.05, 3.63) is 58.9 Å². The largest absolute Gasteiger partial charge is 0.386 e. The molecule has 0 aliphatic rings. The molecule has 1 aromatic carbocycles. The Morgan fingerprint density at radius 2 is 2.00 bits per heavy atom. The van der Waals surface area contributed by atoms with E-state index in [1.54, 1.807) is 16.0 Å². The van der Waals surface area contributed by atoms with Gasteiger partial charge in [0.2, 0.25) is 0 Å². The van der Waals surface area contributed by atoms with Crippen molar-refractivity contribution in [1.29, 1.82) is 0 Å². The van der Waals surface area contributed by atoms with Crippen LogP contribution in [0.25, 0.3) is 11.3 Å². The molecule has 2 aromatic heterocycles. The first-order chi connectivity index (χ1) is 9.33. The van der Waals surface area contributed by atoms with Crippen LogP contribution in [0, 0.1) is 0 Å².